The van der Waals surface area contributed by atoms with E-state index in [9.17, 15) is 9.59 Å². The van der Waals surface area contributed by atoms with Gasteiger partial charge in [-0.3, -0.25) is 15.0 Å². The van der Waals surface area contributed by atoms with Gasteiger partial charge in [0.05, 0.1) is 11.9 Å². The molecule has 6 heteroatoms. The topological polar surface area (TPSA) is 93.8 Å². The Hall–Kier alpha value is -2.21. The molecule has 0 aliphatic rings. The molecule has 0 amide bonds. The van der Waals surface area contributed by atoms with Gasteiger partial charge in [-0.25, -0.2) is 0 Å². The molecule has 0 radical (unpaired) electrons. The van der Waals surface area contributed by atoms with Gasteiger partial charge in [0, 0.05) is 6.54 Å². The number of Topliss-reactive ketones (excluding diaryl/α,β-unsaturated/α-hetero) is 1. The Balaban J connectivity index is 2.26. The molecule has 1 rings (SSSR count). The predicted molar refractivity (Wildman–Crippen MR) is 72.7 cm³/mol. The van der Waals surface area contributed by atoms with Gasteiger partial charge in [-0.05, 0) is 24.6 Å². The first kappa shape index (κ1) is 14.8. The molecule has 0 aliphatic heterocycles. The molecule has 3 N–H and O–H groups in total. The summed E-state index contributed by atoms with van der Waals surface area (Å²) in [6.45, 7) is 1.86. The highest BCUT2D eigenvalue weighted by molar-refractivity contribution is 5.94. The standard InChI is InChI=1S/C13H17N3O3/c1-10(17)8-13(18)19-7-6-15-16-12-4-2-11(9-14)3-5-12/h2-6,16H,7-9,14H2,1H3/b15-6-. The van der Waals surface area contributed by atoms with Crippen LogP contribution in [0.2, 0.25) is 0 Å². The second-order valence-corrected chi connectivity index (χ2v) is 3.89. The third-order valence-electron chi connectivity index (χ3n) is 2.19. The number of ketones is 1. The number of nitrogens with zero attached hydrogens (tertiary/aromatic N) is 1. The first-order valence-corrected chi connectivity index (χ1v) is 5.83. The zero-order valence-electron chi connectivity index (χ0n) is 10.8. The minimum atomic E-state index is -0.550. The SMILES string of the molecule is CC(=O)CC(=O)OC/C=N\Nc1ccc(CN)cc1. The lowest BCUT2D eigenvalue weighted by atomic mass is 10.2. The Morgan fingerprint density at radius 3 is 2.63 bits per heavy atom. The summed E-state index contributed by atoms with van der Waals surface area (Å²) in [6.07, 6.45) is 1.21. The first-order valence-electron chi connectivity index (χ1n) is 5.83. The van der Waals surface area contributed by atoms with Crippen LogP contribution >= 0.6 is 0 Å². The molecule has 0 bridgehead atoms. The molecule has 6 nitrogen and oxygen atoms in total. The Morgan fingerprint density at radius 2 is 2.05 bits per heavy atom. The maximum atomic E-state index is 11.0. The molecule has 0 spiro atoms. The number of rotatable bonds is 7. The van der Waals surface area contributed by atoms with Crippen molar-refractivity contribution in [2.24, 2.45) is 10.8 Å². The number of carbonyl (C=O) groups is 2. The summed E-state index contributed by atoms with van der Waals surface area (Å²) >= 11 is 0. The molecule has 0 saturated carbocycles. The quantitative estimate of drug-likeness (QED) is 0.332. The van der Waals surface area contributed by atoms with Gasteiger partial charge in [0.1, 0.15) is 18.8 Å². The average Bonchev–Trinajstić information content (AvgIpc) is 2.38. The van der Waals surface area contributed by atoms with E-state index in [0.29, 0.717) is 6.54 Å². The number of hydrazone groups is 1. The normalized spacial score (nSPS) is 10.4. The van der Waals surface area contributed by atoms with Crippen LogP contribution in [-0.2, 0) is 20.9 Å². The molecular formula is C13H17N3O3. The first-order chi connectivity index (χ1) is 9.11. The fraction of sp³-hybridized carbons (Fsp3) is 0.308. The monoisotopic (exact) mass is 263 g/mol. The zero-order valence-corrected chi connectivity index (χ0v) is 10.8. The highest BCUT2D eigenvalue weighted by Crippen LogP contribution is 2.08. The van der Waals surface area contributed by atoms with E-state index >= 15 is 0 Å². The van der Waals surface area contributed by atoms with Crippen molar-refractivity contribution >= 4 is 23.7 Å². The summed E-state index contributed by atoms with van der Waals surface area (Å²) in [5.41, 5.74) is 10.1. The molecule has 1 aromatic rings. The Morgan fingerprint density at radius 1 is 1.37 bits per heavy atom. The fourth-order valence-corrected chi connectivity index (χ4v) is 1.26. The molecule has 19 heavy (non-hydrogen) atoms. The van der Waals surface area contributed by atoms with Gasteiger partial charge in [-0.15, -0.1) is 0 Å². The number of esters is 1. The summed E-state index contributed by atoms with van der Waals surface area (Å²) < 4.78 is 4.76. The van der Waals surface area contributed by atoms with Crippen LogP contribution in [0, 0.1) is 0 Å². The van der Waals surface area contributed by atoms with Gasteiger partial charge < -0.3 is 10.5 Å². The lowest BCUT2D eigenvalue weighted by Gasteiger charge is -2.02. The molecule has 0 saturated heterocycles. The van der Waals surface area contributed by atoms with E-state index in [1.807, 2.05) is 24.3 Å². The van der Waals surface area contributed by atoms with Gasteiger partial charge in [-0.1, -0.05) is 12.1 Å². The molecule has 0 aliphatic carbocycles. The Labute approximate surface area is 111 Å². The minimum absolute atomic E-state index is 0.0278. The van der Waals surface area contributed by atoms with Gasteiger partial charge in [0.15, 0.2) is 0 Å². The van der Waals surface area contributed by atoms with E-state index in [1.165, 1.54) is 13.1 Å². The lowest BCUT2D eigenvalue weighted by molar-refractivity contribution is -0.144. The van der Waals surface area contributed by atoms with Crippen LogP contribution < -0.4 is 11.2 Å². The van der Waals surface area contributed by atoms with Crippen molar-refractivity contribution in [2.75, 3.05) is 12.0 Å². The van der Waals surface area contributed by atoms with Crippen molar-refractivity contribution in [3.05, 3.63) is 29.8 Å². The Bertz CT molecular complexity index is 455. The highest BCUT2D eigenvalue weighted by Gasteiger charge is 2.04. The fourth-order valence-electron chi connectivity index (χ4n) is 1.26. The van der Waals surface area contributed by atoms with Crippen LogP contribution in [0.15, 0.2) is 29.4 Å². The van der Waals surface area contributed by atoms with Gasteiger partial charge in [0.2, 0.25) is 0 Å². The number of ether oxygens (including phenoxy) is 1. The molecule has 0 unspecified atom stereocenters. The third-order valence-corrected chi connectivity index (χ3v) is 2.19. The molecule has 1 aromatic carbocycles. The van der Waals surface area contributed by atoms with Crippen molar-refractivity contribution in [3.8, 4) is 0 Å². The Kier molecular flexibility index (Phi) is 6.25. The minimum Gasteiger partial charge on any atom is -0.459 e. The largest absolute Gasteiger partial charge is 0.459 e. The van der Waals surface area contributed by atoms with E-state index in [2.05, 4.69) is 10.5 Å². The molecule has 102 valence electrons. The van der Waals surface area contributed by atoms with Crippen molar-refractivity contribution in [1.82, 2.24) is 0 Å². The van der Waals surface area contributed by atoms with Crippen LogP contribution in [0.3, 0.4) is 0 Å². The number of nitrogens with one attached hydrogen (secondary N) is 1. The number of hydrogen-bond donors (Lipinski definition) is 2. The lowest BCUT2D eigenvalue weighted by Crippen LogP contribution is -2.10. The second-order valence-electron chi connectivity index (χ2n) is 3.89. The van der Waals surface area contributed by atoms with Gasteiger partial charge >= 0.3 is 5.97 Å². The van der Waals surface area contributed by atoms with Crippen LogP contribution in [0.4, 0.5) is 5.69 Å². The summed E-state index contributed by atoms with van der Waals surface area (Å²) in [5.74, 6) is -0.772. The van der Waals surface area contributed by atoms with Crippen LogP contribution in [-0.4, -0.2) is 24.6 Å². The zero-order chi connectivity index (χ0) is 14.1. The smallest absolute Gasteiger partial charge is 0.313 e. The van der Waals surface area contributed by atoms with E-state index in [-0.39, 0.29) is 18.8 Å². The number of nitrogens with two attached hydrogens (primary N) is 1. The summed E-state index contributed by atoms with van der Waals surface area (Å²) in [4.78, 5) is 21.6. The van der Waals surface area contributed by atoms with E-state index < -0.39 is 5.97 Å². The predicted octanol–water partition coefficient (Wildman–Crippen LogP) is 1.07. The van der Waals surface area contributed by atoms with Crippen molar-refractivity contribution in [3.63, 3.8) is 0 Å². The average molecular weight is 263 g/mol. The number of hydrogen-bond acceptors (Lipinski definition) is 6. The molecule has 0 fully saturated rings. The van der Waals surface area contributed by atoms with Gasteiger partial charge in [-0.2, -0.15) is 5.10 Å². The van der Waals surface area contributed by atoms with Crippen molar-refractivity contribution in [1.29, 1.82) is 0 Å². The summed E-state index contributed by atoms with van der Waals surface area (Å²) in [7, 11) is 0. The van der Waals surface area contributed by atoms with Crippen molar-refractivity contribution < 1.29 is 14.3 Å². The molecule has 0 atom stereocenters. The van der Waals surface area contributed by atoms with Gasteiger partial charge in [0.25, 0.3) is 0 Å². The second kappa shape index (κ2) is 7.99. The number of carbonyl (C=O) groups excluding carboxylic acids is 2. The number of benzene rings is 1. The van der Waals surface area contributed by atoms with Crippen molar-refractivity contribution in [2.45, 2.75) is 19.9 Å². The van der Waals surface area contributed by atoms with Crippen LogP contribution in [0.5, 0.6) is 0 Å². The highest BCUT2D eigenvalue weighted by atomic mass is 16.5. The molecule has 0 heterocycles. The molecule has 0 aromatic heterocycles. The molecular weight excluding hydrogens is 246 g/mol. The van der Waals surface area contributed by atoms with E-state index in [4.69, 9.17) is 10.5 Å². The van der Waals surface area contributed by atoms with E-state index in [1.54, 1.807) is 0 Å². The van der Waals surface area contributed by atoms with Crippen LogP contribution in [0.25, 0.3) is 0 Å². The summed E-state index contributed by atoms with van der Waals surface area (Å²) in [6, 6.07) is 7.48. The van der Waals surface area contributed by atoms with E-state index in [0.717, 1.165) is 11.3 Å². The van der Waals surface area contributed by atoms with Crippen LogP contribution in [0.1, 0.15) is 18.9 Å². The summed E-state index contributed by atoms with van der Waals surface area (Å²) in [5, 5.41) is 3.88. The number of anilines is 1. The maximum Gasteiger partial charge on any atom is 0.313 e. The maximum absolute atomic E-state index is 11.0. The third kappa shape index (κ3) is 6.32.